The zero-order chi connectivity index (χ0) is 16.7. The molecule has 23 heavy (non-hydrogen) atoms. The zero-order valence-electron chi connectivity index (χ0n) is 12.2. The van der Waals surface area contributed by atoms with Crippen molar-refractivity contribution in [2.75, 3.05) is 0 Å². The number of benzene rings is 2. The van der Waals surface area contributed by atoms with Crippen LogP contribution in [-0.4, -0.2) is 18.2 Å². The molecule has 0 aliphatic heterocycles. The molecule has 2 rings (SSSR count). The van der Waals surface area contributed by atoms with Gasteiger partial charge in [-0.15, -0.1) is 0 Å². The number of nitrogens with zero attached hydrogens (tertiary/aromatic N) is 3. The number of carbonyl (C=O) groups excluding carboxylic acids is 3. The minimum absolute atomic E-state index is 0.355. The molecule has 0 aliphatic carbocycles. The van der Waals surface area contributed by atoms with Gasteiger partial charge in [0.15, 0.2) is 0 Å². The summed E-state index contributed by atoms with van der Waals surface area (Å²) < 4.78 is 0. The first kappa shape index (κ1) is 16.0. The smallest absolute Gasteiger partial charge is 0.211 e. The van der Waals surface area contributed by atoms with Crippen LogP contribution in [-0.2, 0) is 20.8 Å². The summed E-state index contributed by atoms with van der Waals surface area (Å²) in [5.74, 6) is 0. The molecule has 0 fully saturated rings. The van der Waals surface area contributed by atoms with Gasteiger partial charge in [0.1, 0.15) is 0 Å². The summed E-state index contributed by atoms with van der Waals surface area (Å²) in [5, 5.41) is 0. The lowest BCUT2D eigenvalue weighted by Crippen LogP contribution is -1.90. The van der Waals surface area contributed by atoms with Gasteiger partial charge >= 0.3 is 0 Å². The van der Waals surface area contributed by atoms with Crippen molar-refractivity contribution < 1.29 is 14.4 Å². The molecule has 0 saturated heterocycles. The maximum Gasteiger partial charge on any atom is 0.240 e. The third-order valence-electron chi connectivity index (χ3n) is 3.24. The van der Waals surface area contributed by atoms with Gasteiger partial charge < -0.3 is 0 Å². The SMILES string of the molecule is Cc1ccc(Cc2ccc(N=C=O)cc2N=C=O)cc1N=C=O. The van der Waals surface area contributed by atoms with Crippen LogP contribution in [0.1, 0.15) is 16.7 Å². The van der Waals surface area contributed by atoms with Crippen molar-refractivity contribution in [2.45, 2.75) is 13.3 Å². The van der Waals surface area contributed by atoms with Gasteiger partial charge in [-0.1, -0.05) is 18.2 Å². The third kappa shape index (κ3) is 4.03. The molecule has 0 aromatic heterocycles. The Balaban J connectivity index is 2.43. The molecular weight excluding hydrogens is 294 g/mol. The Bertz CT molecular complexity index is 886. The fraction of sp³-hybridized carbons (Fsp3) is 0.118. The Morgan fingerprint density at radius 1 is 0.826 bits per heavy atom. The van der Waals surface area contributed by atoms with Gasteiger partial charge in [-0.3, -0.25) is 0 Å². The van der Waals surface area contributed by atoms with Gasteiger partial charge in [-0.25, -0.2) is 14.4 Å². The molecule has 0 radical (unpaired) electrons. The molecule has 6 nitrogen and oxygen atoms in total. The van der Waals surface area contributed by atoms with Crippen LogP contribution in [0.5, 0.6) is 0 Å². The van der Waals surface area contributed by atoms with Gasteiger partial charge in [0.2, 0.25) is 18.2 Å². The highest BCUT2D eigenvalue weighted by Gasteiger charge is 2.07. The summed E-state index contributed by atoms with van der Waals surface area (Å²) in [7, 11) is 0. The molecule has 2 aromatic rings. The Labute approximate surface area is 131 Å². The second kappa shape index (κ2) is 7.55. The average Bonchev–Trinajstić information content (AvgIpc) is 2.54. The first-order chi connectivity index (χ1) is 11.2. The number of hydrogen-bond acceptors (Lipinski definition) is 6. The van der Waals surface area contributed by atoms with E-state index in [1.54, 1.807) is 18.2 Å². The molecule has 0 spiro atoms. The zero-order valence-corrected chi connectivity index (χ0v) is 12.2. The highest BCUT2D eigenvalue weighted by Crippen LogP contribution is 2.28. The number of hydrogen-bond donors (Lipinski definition) is 0. The fourth-order valence-corrected chi connectivity index (χ4v) is 2.13. The normalized spacial score (nSPS) is 9.26. The van der Waals surface area contributed by atoms with E-state index in [1.807, 2.05) is 19.1 Å². The maximum absolute atomic E-state index is 10.6. The van der Waals surface area contributed by atoms with Crippen molar-refractivity contribution in [1.82, 2.24) is 0 Å². The summed E-state index contributed by atoms with van der Waals surface area (Å²) in [6, 6.07) is 10.4. The van der Waals surface area contributed by atoms with Gasteiger partial charge in [-0.2, -0.15) is 15.0 Å². The van der Waals surface area contributed by atoms with Crippen LogP contribution in [0.4, 0.5) is 17.1 Å². The Morgan fingerprint density at radius 2 is 1.52 bits per heavy atom. The second-order valence-electron chi connectivity index (χ2n) is 4.72. The minimum atomic E-state index is 0.355. The first-order valence-corrected chi connectivity index (χ1v) is 6.64. The van der Waals surface area contributed by atoms with E-state index >= 15 is 0 Å². The van der Waals surface area contributed by atoms with Gasteiger partial charge in [0.05, 0.1) is 17.1 Å². The molecular formula is C17H11N3O3. The lowest BCUT2D eigenvalue weighted by Gasteiger charge is -2.07. The molecule has 0 bridgehead atoms. The number of isocyanates is 3. The average molecular weight is 305 g/mol. The summed E-state index contributed by atoms with van der Waals surface area (Å²) in [6.07, 6.45) is 4.91. The van der Waals surface area contributed by atoms with E-state index in [1.165, 1.54) is 24.3 Å². The van der Waals surface area contributed by atoms with E-state index < -0.39 is 0 Å². The molecule has 6 heteroatoms. The minimum Gasteiger partial charge on any atom is -0.211 e. The standard InChI is InChI=1S/C17H11N3O3/c1-12-2-3-13(7-16(12)19-10-22)6-14-4-5-15(18-9-21)8-17(14)20-11-23/h2-5,7-8H,6H2,1H3. The summed E-state index contributed by atoms with van der Waals surface area (Å²) in [6.45, 7) is 1.84. The summed E-state index contributed by atoms with van der Waals surface area (Å²) in [4.78, 5) is 42.1. The lowest BCUT2D eigenvalue weighted by molar-refractivity contribution is 0.564. The van der Waals surface area contributed by atoms with E-state index in [-0.39, 0.29) is 0 Å². The molecule has 0 amide bonds. The number of rotatable bonds is 5. The molecule has 112 valence electrons. The lowest BCUT2D eigenvalue weighted by atomic mass is 10.0. The van der Waals surface area contributed by atoms with Crippen molar-refractivity contribution in [3.63, 3.8) is 0 Å². The summed E-state index contributed by atoms with van der Waals surface area (Å²) >= 11 is 0. The predicted molar refractivity (Wildman–Crippen MR) is 83.8 cm³/mol. The molecule has 0 unspecified atom stereocenters. The van der Waals surface area contributed by atoms with E-state index in [4.69, 9.17) is 0 Å². The molecule has 0 N–H and O–H groups in total. The van der Waals surface area contributed by atoms with E-state index in [2.05, 4.69) is 15.0 Å². The van der Waals surface area contributed by atoms with Crippen LogP contribution < -0.4 is 0 Å². The van der Waals surface area contributed by atoms with Crippen LogP contribution in [0.25, 0.3) is 0 Å². The summed E-state index contributed by atoms with van der Waals surface area (Å²) in [5.41, 5.74) is 3.77. The van der Waals surface area contributed by atoms with E-state index in [0.29, 0.717) is 23.5 Å². The largest absolute Gasteiger partial charge is 0.240 e. The molecule has 2 aromatic carbocycles. The van der Waals surface area contributed by atoms with Crippen molar-refractivity contribution in [3.8, 4) is 0 Å². The van der Waals surface area contributed by atoms with Crippen LogP contribution >= 0.6 is 0 Å². The Kier molecular flexibility index (Phi) is 5.24. The first-order valence-electron chi connectivity index (χ1n) is 6.64. The van der Waals surface area contributed by atoms with Gasteiger partial charge in [-0.05, 0) is 48.2 Å². The van der Waals surface area contributed by atoms with Crippen molar-refractivity contribution in [3.05, 3.63) is 53.1 Å². The highest BCUT2D eigenvalue weighted by atomic mass is 16.1. The van der Waals surface area contributed by atoms with Crippen molar-refractivity contribution in [1.29, 1.82) is 0 Å². The van der Waals surface area contributed by atoms with Crippen LogP contribution in [0, 0.1) is 6.92 Å². The van der Waals surface area contributed by atoms with E-state index in [0.717, 1.165) is 16.7 Å². The quantitative estimate of drug-likeness (QED) is 0.625. The van der Waals surface area contributed by atoms with Crippen LogP contribution in [0.3, 0.4) is 0 Å². The van der Waals surface area contributed by atoms with Gasteiger partial charge in [0.25, 0.3) is 0 Å². The predicted octanol–water partition coefficient (Wildman–Crippen LogP) is 3.49. The fourth-order valence-electron chi connectivity index (χ4n) is 2.13. The van der Waals surface area contributed by atoms with Gasteiger partial charge in [0, 0.05) is 0 Å². The van der Waals surface area contributed by atoms with E-state index in [9.17, 15) is 14.4 Å². The molecule has 0 heterocycles. The van der Waals surface area contributed by atoms with Crippen molar-refractivity contribution >= 4 is 35.3 Å². The highest BCUT2D eigenvalue weighted by molar-refractivity contribution is 5.63. The second-order valence-corrected chi connectivity index (χ2v) is 4.72. The van der Waals surface area contributed by atoms with Crippen LogP contribution in [0.2, 0.25) is 0 Å². The van der Waals surface area contributed by atoms with Crippen LogP contribution in [0.15, 0.2) is 51.4 Å². The maximum atomic E-state index is 10.6. The topological polar surface area (TPSA) is 88.3 Å². The molecule has 0 atom stereocenters. The number of aryl methyl sites for hydroxylation is 1. The Morgan fingerprint density at radius 3 is 2.22 bits per heavy atom. The van der Waals surface area contributed by atoms with Crippen molar-refractivity contribution in [2.24, 2.45) is 15.0 Å². The molecule has 0 aliphatic rings. The number of aliphatic imine (C=N–C) groups is 3. The Hall–Kier alpha value is -3.42. The molecule has 0 saturated carbocycles. The monoisotopic (exact) mass is 305 g/mol. The third-order valence-corrected chi connectivity index (χ3v) is 3.24.